The molecule has 1 aliphatic heterocycles. The molecule has 4 rings (SSSR count). The number of pyridine rings is 1. The molecule has 3 aromatic rings. The van der Waals surface area contributed by atoms with Crippen LogP contribution in [0.4, 0.5) is 5.69 Å². The molecule has 0 spiro atoms. The number of carbonyl (C=O) groups is 1. The van der Waals surface area contributed by atoms with Crippen molar-refractivity contribution in [2.24, 2.45) is 5.73 Å². The Morgan fingerprint density at radius 2 is 1.89 bits per heavy atom. The quantitative estimate of drug-likeness (QED) is 0.723. The first-order chi connectivity index (χ1) is 13.6. The van der Waals surface area contributed by atoms with Gasteiger partial charge in [0.2, 0.25) is 11.7 Å². The number of aromatic nitrogens is 3. The van der Waals surface area contributed by atoms with Crippen molar-refractivity contribution >= 4 is 11.6 Å². The Bertz CT molecular complexity index is 961. The molecule has 28 heavy (non-hydrogen) atoms. The number of aryl methyl sites for hydroxylation is 1. The first-order valence-corrected chi connectivity index (χ1v) is 9.21. The topological polar surface area (TPSA) is 101 Å². The van der Waals surface area contributed by atoms with E-state index in [0.29, 0.717) is 18.3 Å². The number of anilines is 1. The largest absolute Gasteiger partial charge is 0.369 e. The Balaban J connectivity index is 1.35. The SMILES string of the molecule is Cc1ccc(-c2noc(CN3CCN(c4ccnc(C(N)=O)c4)CC3)n2)cc1. The summed E-state index contributed by atoms with van der Waals surface area (Å²) >= 11 is 0. The van der Waals surface area contributed by atoms with Crippen molar-refractivity contribution in [3.05, 3.63) is 59.7 Å². The second-order valence-electron chi connectivity index (χ2n) is 6.90. The third-order valence-corrected chi connectivity index (χ3v) is 4.87. The Morgan fingerprint density at radius 1 is 1.14 bits per heavy atom. The highest BCUT2D eigenvalue weighted by atomic mass is 16.5. The molecule has 1 aromatic carbocycles. The summed E-state index contributed by atoms with van der Waals surface area (Å²) < 4.78 is 5.43. The average Bonchev–Trinajstić information content (AvgIpc) is 3.17. The number of nitrogens with two attached hydrogens (primary N) is 1. The summed E-state index contributed by atoms with van der Waals surface area (Å²) in [6, 6.07) is 11.7. The molecule has 0 aliphatic carbocycles. The minimum Gasteiger partial charge on any atom is -0.369 e. The normalized spacial score (nSPS) is 15.0. The number of benzene rings is 1. The maximum absolute atomic E-state index is 11.3. The van der Waals surface area contributed by atoms with Gasteiger partial charge in [0.15, 0.2) is 0 Å². The van der Waals surface area contributed by atoms with Crippen LogP contribution in [0.25, 0.3) is 11.4 Å². The van der Waals surface area contributed by atoms with Gasteiger partial charge < -0.3 is 15.2 Å². The lowest BCUT2D eigenvalue weighted by Crippen LogP contribution is -2.46. The van der Waals surface area contributed by atoms with Crippen LogP contribution in [-0.4, -0.2) is 52.1 Å². The van der Waals surface area contributed by atoms with Gasteiger partial charge in [-0.15, -0.1) is 0 Å². The molecule has 2 N–H and O–H groups in total. The highest BCUT2D eigenvalue weighted by Gasteiger charge is 2.20. The monoisotopic (exact) mass is 378 g/mol. The van der Waals surface area contributed by atoms with Gasteiger partial charge in [-0.1, -0.05) is 35.0 Å². The molecule has 1 fully saturated rings. The lowest BCUT2D eigenvalue weighted by atomic mass is 10.1. The average molecular weight is 378 g/mol. The van der Waals surface area contributed by atoms with Crippen LogP contribution >= 0.6 is 0 Å². The Hall–Kier alpha value is -3.26. The number of nitrogens with zero attached hydrogens (tertiary/aromatic N) is 5. The van der Waals surface area contributed by atoms with Crippen molar-refractivity contribution in [2.75, 3.05) is 31.1 Å². The minimum atomic E-state index is -0.513. The van der Waals surface area contributed by atoms with E-state index in [-0.39, 0.29) is 5.69 Å². The Morgan fingerprint density at radius 3 is 2.61 bits per heavy atom. The predicted molar refractivity (Wildman–Crippen MR) is 105 cm³/mol. The minimum absolute atomic E-state index is 0.287. The van der Waals surface area contributed by atoms with Gasteiger partial charge in [-0.3, -0.25) is 14.7 Å². The zero-order valence-corrected chi connectivity index (χ0v) is 15.7. The molecule has 0 radical (unpaired) electrons. The van der Waals surface area contributed by atoms with Gasteiger partial charge in [0.05, 0.1) is 6.54 Å². The summed E-state index contributed by atoms with van der Waals surface area (Å²) in [6.07, 6.45) is 1.62. The smallest absolute Gasteiger partial charge is 0.267 e. The first kappa shape index (κ1) is 18.1. The number of piperazine rings is 1. The van der Waals surface area contributed by atoms with Crippen molar-refractivity contribution in [2.45, 2.75) is 13.5 Å². The number of amides is 1. The van der Waals surface area contributed by atoms with E-state index in [1.165, 1.54) is 5.56 Å². The molecule has 8 heteroatoms. The number of hydrogen-bond acceptors (Lipinski definition) is 7. The summed E-state index contributed by atoms with van der Waals surface area (Å²) in [7, 11) is 0. The summed E-state index contributed by atoms with van der Waals surface area (Å²) in [5.74, 6) is 0.717. The second-order valence-corrected chi connectivity index (χ2v) is 6.90. The third kappa shape index (κ3) is 4.01. The van der Waals surface area contributed by atoms with Crippen LogP contribution in [0.5, 0.6) is 0 Å². The highest BCUT2D eigenvalue weighted by molar-refractivity contribution is 5.91. The molecule has 1 aliphatic rings. The third-order valence-electron chi connectivity index (χ3n) is 4.87. The van der Waals surface area contributed by atoms with Crippen LogP contribution in [-0.2, 0) is 6.54 Å². The summed E-state index contributed by atoms with van der Waals surface area (Å²) in [4.78, 5) is 24.3. The molecule has 0 atom stereocenters. The van der Waals surface area contributed by atoms with Crippen molar-refractivity contribution < 1.29 is 9.32 Å². The highest BCUT2D eigenvalue weighted by Crippen LogP contribution is 2.19. The zero-order chi connectivity index (χ0) is 19.5. The second kappa shape index (κ2) is 7.77. The van der Waals surface area contributed by atoms with Crippen LogP contribution in [0.1, 0.15) is 21.9 Å². The van der Waals surface area contributed by atoms with Gasteiger partial charge in [-0.2, -0.15) is 4.98 Å². The summed E-state index contributed by atoms with van der Waals surface area (Å²) in [5.41, 5.74) is 8.72. The lowest BCUT2D eigenvalue weighted by Gasteiger charge is -2.35. The van der Waals surface area contributed by atoms with Gasteiger partial charge in [0.25, 0.3) is 5.91 Å². The Labute approximate surface area is 163 Å². The van der Waals surface area contributed by atoms with Crippen LogP contribution in [0.3, 0.4) is 0 Å². The molecule has 0 saturated carbocycles. The van der Waals surface area contributed by atoms with Crippen molar-refractivity contribution in [3.8, 4) is 11.4 Å². The van der Waals surface area contributed by atoms with Crippen molar-refractivity contribution in [1.82, 2.24) is 20.0 Å². The maximum Gasteiger partial charge on any atom is 0.267 e. The molecular weight excluding hydrogens is 356 g/mol. The molecule has 0 unspecified atom stereocenters. The van der Waals surface area contributed by atoms with E-state index in [1.54, 1.807) is 12.3 Å². The predicted octanol–water partition coefficient (Wildman–Crippen LogP) is 1.86. The van der Waals surface area contributed by atoms with E-state index in [2.05, 4.69) is 24.9 Å². The van der Waals surface area contributed by atoms with Gasteiger partial charge in [0, 0.05) is 43.6 Å². The fraction of sp³-hybridized carbons (Fsp3) is 0.300. The molecule has 1 saturated heterocycles. The fourth-order valence-corrected chi connectivity index (χ4v) is 3.25. The molecule has 1 amide bonds. The zero-order valence-electron chi connectivity index (χ0n) is 15.7. The van der Waals surface area contributed by atoms with Crippen LogP contribution in [0.2, 0.25) is 0 Å². The molecule has 144 valence electrons. The van der Waals surface area contributed by atoms with Crippen LogP contribution in [0, 0.1) is 6.92 Å². The fourth-order valence-electron chi connectivity index (χ4n) is 3.25. The van der Waals surface area contributed by atoms with Gasteiger partial charge >= 0.3 is 0 Å². The number of carbonyl (C=O) groups excluding carboxylic acids is 1. The first-order valence-electron chi connectivity index (χ1n) is 9.21. The van der Waals surface area contributed by atoms with E-state index < -0.39 is 5.91 Å². The molecule has 2 aromatic heterocycles. The number of hydrogen-bond donors (Lipinski definition) is 1. The summed E-state index contributed by atoms with van der Waals surface area (Å²) in [5, 5.41) is 4.10. The van der Waals surface area contributed by atoms with Gasteiger partial charge in [-0.05, 0) is 19.1 Å². The van der Waals surface area contributed by atoms with E-state index >= 15 is 0 Å². The number of primary amides is 1. The molecule has 0 bridgehead atoms. The van der Waals surface area contributed by atoms with E-state index in [9.17, 15) is 4.79 Å². The maximum atomic E-state index is 11.3. The van der Waals surface area contributed by atoms with E-state index in [1.807, 2.05) is 37.3 Å². The molecular formula is C20H22N6O2. The standard InChI is InChI=1S/C20H22N6O2/c1-14-2-4-15(5-3-14)20-23-18(28-24-20)13-25-8-10-26(11-9-25)16-6-7-22-17(12-16)19(21)27/h2-7,12H,8-11,13H2,1H3,(H2,21,27). The van der Waals surface area contributed by atoms with Gasteiger partial charge in [-0.25, -0.2) is 0 Å². The van der Waals surface area contributed by atoms with Crippen molar-refractivity contribution in [3.63, 3.8) is 0 Å². The van der Waals surface area contributed by atoms with Crippen LogP contribution in [0.15, 0.2) is 47.1 Å². The molecule has 8 nitrogen and oxygen atoms in total. The molecule has 3 heterocycles. The van der Waals surface area contributed by atoms with Crippen LogP contribution < -0.4 is 10.6 Å². The van der Waals surface area contributed by atoms with E-state index in [4.69, 9.17) is 10.3 Å². The lowest BCUT2D eigenvalue weighted by molar-refractivity contribution is 0.0995. The number of rotatable bonds is 5. The van der Waals surface area contributed by atoms with E-state index in [0.717, 1.165) is 37.4 Å². The van der Waals surface area contributed by atoms with Gasteiger partial charge in [0.1, 0.15) is 5.69 Å². The Kier molecular flexibility index (Phi) is 5.03. The van der Waals surface area contributed by atoms with Crippen molar-refractivity contribution in [1.29, 1.82) is 0 Å². The summed E-state index contributed by atoms with van der Waals surface area (Å²) in [6.45, 7) is 6.05.